The number of hydrogen-bond acceptors (Lipinski definition) is 4. The third-order valence-corrected chi connectivity index (χ3v) is 3.59. The van der Waals surface area contributed by atoms with Crippen molar-refractivity contribution in [2.75, 3.05) is 25.6 Å². The molecule has 1 aliphatic rings. The molecule has 5 heteroatoms. The Kier molecular flexibility index (Phi) is 4.06. The van der Waals surface area contributed by atoms with Crippen LogP contribution in [0, 0.1) is 0 Å². The number of hydrogen-bond donors (Lipinski definition) is 1. The van der Waals surface area contributed by atoms with Gasteiger partial charge >= 0.3 is 0 Å². The SMILES string of the molecule is COc1ccc(Cl)c(NCc2ccc3c(c2)OCCO3)c1. The van der Waals surface area contributed by atoms with E-state index >= 15 is 0 Å². The highest BCUT2D eigenvalue weighted by atomic mass is 35.5. The molecule has 0 bridgehead atoms. The molecule has 1 heterocycles. The number of nitrogens with one attached hydrogen (secondary N) is 1. The van der Waals surface area contributed by atoms with Gasteiger partial charge in [0.15, 0.2) is 11.5 Å². The van der Waals surface area contributed by atoms with Gasteiger partial charge in [-0.1, -0.05) is 17.7 Å². The summed E-state index contributed by atoms with van der Waals surface area (Å²) in [6.07, 6.45) is 0. The fraction of sp³-hybridized carbons (Fsp3) is 0.250. The second kappa shape index (κ2) is 6.14. The summed E-state index contributed by atoms with van der Waals surface area (Å²) in [7, 11) is 1.63. The Morgan fingerprint density at radius 2 is 1.90 bits per heavy atom. The summed E-state index contributed by atoms with van der Waals surface area (Å²) < 4.78 is 16.3. The van der Waals surface area contributed by atoms with Crippen LogP contribution in [0.4, 0.5) is 5.69 Å². The highest BCUT2D eigenvalue weighted by Gasteiger charge is 2.11. The van der Waals surface area contributed by atoms with Crippen LogP contribution in [0.5, 0.6) is 17.2 Å². The van der Waals surface area contributed by atoms with Gasteiger partial charge in [0, 0.05) is 12.6 Å². The van der Waals surface area contributed by atoms with Crippen molar-refractivity contribution >= 4 is 17.3 Å². The molecule has 0 fully saturated rings. The summed E-state index contributed by atoms with van der Waals surface area (Å²) in [6, 6.07) is 11.4. The van der Waals surface area contributed by atoms with Crippen LogP contribution in [-0.4, -0.2) is 20.3 Å². The number of benzene rings is 2. The minimum atomic E-state index is 0.589. The zero-order chi connectivity index (χ0) is 14.7. The highest BCUT2D eigenvalue weighted by molar-refractivity contribution is 6.33. The quantitative estimate of drug-likeness (QED) is 0.934. The summed E-state index contributed by atoms with van der Waals surface area (Å²) in [5.74, 6) is 2.35. The molecule has 0 aromatic heterocycles. The van der Waals surface area contributed by atoms with E-state index in [0.717, 1.165) is 28.5 Å². The molecule has 0 spiro atoms. The van der Waals surface area contributed by atoms with Gasteiger partial charge in [0.2, 0.25) is 0 Å². The first kappa shape index (κ1) is 13.9. The zero-order valence-corrected chi connectivity index (χ0v) is 12.4. The van der Waals surface area contributed by atoms with Crippen LogP contribution < -0.4 is 19.5 Å². The van der Waals surface area contributed by atoms with Crippen molar-refractivity contribution < 1.29 is 14.2 Å². The van der Waals surface area contributed by atoms with Crippen molar-refractivity contribution in [1.82, 2.24) is 0 Å². The van der Waals surface area contributed by atoms with Crippen LogP contribution in [0.1, 0.15) is 5.56 Å². The summed E-state index contributed by atoms with van der Waals surface area (Å²) in [5.41, 5.74) is 1.93. The smallest absolute Gasteiger partial charge is 0.161 e. The molecule has 0 saturated carbocycles. The van der Waals surface area contributed by atoms with Crippen LogP contribution in [0.3, 0.4) is 0 Å². The van der Waals surface area contributed by atoms with Crippen LogP contribution in [0.25, 0.3) is 0 Å². The lowest BCUT2D eigenvalue weighted by molar-refractivity contribution is 0.171. The predicted octanol–water partition coefficient (Wildman–Crippen LogP) is 3.73. The van der Waals surface area contributed by atoms with Crippen molar-refractivity contribution in [3.05, 3.63) is 47.0 Å². The maximum atomic E-state index is 6.17. The molecule has 110 valence electrons. The third kappa shape index (κ3) is 3.16. The minimum absolute atomic E-state index is 0.589. The van der Waals surface area contributed by atoms with Gasteiger partial charge in [-0.2, -0.15) is 0 Å². The Hall–Kier alpha value is -2.07. The van der Waals surface area contributed by atoms with Crippen molar-refractivity contribution in [2.45, 2.75) is 6.54 Å². The average Bonchev–Trinajstić information content (AvgIpc) is 2.54. The molecule has 0 amide bonds. The van der Waals surface area contributed by atoms with E-state index in [1.807, 2.05) is 36.4 Å². The monoisotopic (exact) mass is 305 g/mol. The molecule has 1 N–H and O–H groups in total. The summed E-state index contributed by atoms with van der Waals surface area (Å²) >= 11 is 6.17. The summed E-state index contributed by atoms with van der Waals surface area (Å²) in [5, 5.41) is 3.96. The summed E-state index contributed by atoms with van der Waals surface area (Å²) in [4.78, 5) is 0. The highest BCUT2D eigenvalue weighted by Crippen LogP contribution is 2.32. The van der Waals surface area contributed by atoms with E-state index < -0.39 is 0 Å². The molecule has 4 nitrogen and oxygen atoms in total. The van der Waals surface area contributed by atoms with Gasteiger partial charge in [0.25, 0.3) is 0 Å². The molecule has 0 radical (unpaired) electrons. The molecule has 2 aromatic rings. The zero-order valence-electron chi connectivity index (χ0n) is 11.7. The van der Waals surface area contributed by atoms with E-state index in [4.69, 9.17) is 25.8 Å². The fourth-order valence-electron chi connectivity index (χ4n) is 2.16. The van der Waals surface area contributed by atoms with Gasteiger partial charge in [-0.05, 0) is 29.8 Å². The van der Waals surface area contributed by atoms with Crippen molar-refractivity contribution in [1.29, 1.82) is 0 Å². The third-order valence-electron chi connectivity index (χ3n) is 3.26. The van der Waals surface area contributed by atoms with Crippen molar-refractivity contribution in [2.24, 2.45) is 0 Å². The second-order valence-corrected chi connectivity index (χ2v) is 5.08. The lowest BCUT2D eigenvalue weighted by atomic mass is 10.2. The number of anilines is 1. The molecule has 0 saturated heterocycles. The van der Waals surface area contributed by atoms with E-state index in [9.17, 15) is 0 Å². The van der Waals surface area contributed by atoms with Gasteiger partial charge in [-0.3, -0.25) is 0 Å². The number of methoxy groups -OCH3 is 1. The molecule has 21 heavy (non-hydrogen) atoms. The normalized spacial score (nSPS) is 12.9. The van der Waals surface area contributed by atoms with E-state index in [0.29, 0.717) is 24.8 Å². The number of rotatable bonds is 4. The Balaban J connectivity index is 1.73. The van der Waals surface area contributed by atoms with Crippen molar-refractivity contribution in [3.8, 4) is 17.2 Å². The first-order valence-corrected chi connectivity index (χ1v) is 7.10. The Morgan fingerprint density at radius 3 is 2.71 bits per heavy atom. The number of ether oxygens (including phenoxy) is 3. The molecule has 0 unspecified atom stereocenters. The first-order chi connectivity index (χ1) is 10.3. The minimum Gasteiger partial charge on any atom is -0.497 e. The lowest BCUT2D eigenvalue weighted by Gasteiger charge is -2.19. The molecular weight excluding hydrogens is 290 g/mol. The maximum absolute atomic E-state index is 6.17. The van der Waals surface area contributed by atoms with E-state index in [2.05, 4.69) is 5.32 Å². The Morgan fingerprint density at radius 1 is 1.10 bits per heavy atom. The Bertz CT molecular complexity index is 645. The first-order valence-electron chi connectivity index (χ1n) is 6.72. The molecule has 1 aliphatic heterocycles. The van der Waals surface area contributed by atoms with E-state index in [-0.39, 0.29) is 0 Å². The second-order valence-electron chi connectivity index (χ2n) is 4.68. The largest absolute Gasteiger partial charge is 0.497 e. The van der Waals surface area contributed by atoms with Gasteiger partial charge in [-0.15, -0.1) is 0 Å². The van der Waals surface area contributed by atoms with Gasteiger partial charge in [-0.25, -0.2) is 0 Å². The van der Waals surface area contributed by atoms with Crippen LogP contribution in [-0.2, 0) is 6.54 Å². The summed E-state index contributed by atoms with van der Waals surface area (Å²) in [6.45, 7) is 1.83. The molecular formula is C16H16ClNO3. The fourth-order valence-corrected chi connectivity index (χ4v) is 2.35. The van der Waals surface area contributed by atoms with E-state index in [1.54, 1.807) is 7.11 Å². The lowest BCUT2D eigenvalue weighted by Crippen LogP contribution is -2.15. The van der Waals surface area contributed by atoms with Crippen LogP contribution in [0.15, 0.2) is 36.4 Å². The number of halogens is 1. The van der Waals surface area contributed by atoms with Crippen molar-refractivity contribution in [3.63, 3.8) is 0 Å². The van der Waals surface area contributed by atoms with Gasteiger partial charge in [0.05, 0.1) is 17.8 Å². The maximum Gasteiger partial charge on any atom is 0.161 e. The number of fused-ring (bicyclic) bond motifs is 1. The molecule has 0 atom stereocenters. The Labute approximate surface area is 128 Å². The molecule has 0 aliphatic carbocycles. The van der Waals surface area contributed by atoms with E-state index in [1.165, 1.54) is 0 Å². The van der Waals surface area contributed by atoms with Crippen LogP contribution in [0.2, 0.25) is 5.02 Å². The topological polar surface area (TPSA) is 39.7 Å². The van der Waals surface area contributed by atoms with Gasteiger partial charge in [0.1, 0.15) is 19.0 Å². The molecule has 2 aromatic carbocycles. The standard InChI is InChI=1S/C16H16ClNO3/c1-19-12-3-4-13(17)14(9-12)18-10-11-2-5-15-16(8-11)21-7-6-20-15/h2-5,8-9,18H,6-7,10H2,1H3. The molecule has 3 rings (SSSR count). The average molecular weight is 306 g/mol. The van der Waals surface area contributed by atoms with Crippen LogP contribution >= 0.6 is 11.6 Å². The van der Waals surface area contributed by atoms with Gasteiger partial charge < -0.3 is 19.5 Å². The predicted molar refractivity (Wildman–Crippen MR) is 82.8 cm³/mol.